The third kappa shape index (κ3) is 6.88. The van der Waals surface area contributed by atoms with Gasteiger partial charge in [-0.05, 0) is 23.6 Å². The molecule has 3 rings (SSSR count). The number of para-hydroxylation sites is 1. The van der Waals surface area contributed by atoms with Crippen molar-refractivity contribution in [1.82, 2.24) is 25.0 Å². The van der Waals surface area contributed by atoms with Crippen LogP contribution in [-0.4, -0.2) is 58.9 Å². The Kier molecular flexibility index (Phi) is 8.71. The Balaban J connectivity index is 1.53. The molecule has 0 radical (unpaired) electrons. The van der Waals surface area contributed by atoms with Gasteiger partial charge in [-0.25, -0.2) is 0 Å². The summed E-state index contributed by atoms with van der Waals surface area (Å²) in [5, 5.41) is 13.7. The SMILES string of the molecule is CCc1nncn1CCNC(=NCCc1cccs1)N(C)CCOc1ccccc1. The Morgan fingerprint density at radius 3 is 2.87 bits per heavy atom. The molecule has 8 heteroatoms. The van der Waals surface area contributed by atoms with Gasteiger partial charge in [0, 0.05) is 44.4 Å². The van der Waals surface area contributed by atoms with Crippen LogP contribution in [0, 0.1) is 0 Å². The molecule has 0 bridgehead atoms. The van der Waals surface area contributed by atoms with E-state index in [1.807, 2.05) is 37.4 Å². The second kappa shape index (κ2) is 12.0. The number of benzene rings is 1. The Hall–Kier alpha value is -2.87. The first-order chi connectivity index (χ1) is 14.8. The van der Waals surface area contributed by atoms with Crippen LogP contribution in [0.2, 0.25) is 0 Å². The Labute approximate surface area is 182 Å². The van der Waals surface area contributed by atoms with Gasteiger partial charge in [0.2, 0.25) is 0 Å². The number of guanidine groups is 1. The fraction of sp³-hybridized carbons (Fsp3) is 0.409. The van der Waals surface area contributed by atoms with Crippen molar-refractivity contribution in [2.24, 2.45) is 4.99 Å². The molecular weight excluding hydrogens is 396 g/mol. The largest absolute Gasteiger partial charge is 0.492 e. The number of nitrogens with one attached hydrogen (secondary N) is 1. The summed E-state index contributed by atoms with van der Waals surface area (Å²) in [7, 11) is 2.04. The lowest BCUT2D eigenvalue weighted by Gasteiger charge is -2.23. The van der Waals surface area contributed by atoms with E-state index in [4.69, 9.17) is 9.73 Å². The fourth-order valence-corrected chi connectivity index (χ4v) is 3.69. The first-order valence-electron chi connectivity index (χ1n) is 10.3. The third-order valence-corrected chi connectivity index (χ3v) is 5.58. The minimum Gasteiger partial charge on any atom is -0.492 e. The van der Waals surface area contributed by atoms with E-state index < -0.39 is 0 Å². The van der Waals surface area contributed by atoms with Crippen LogP contribution >= 0.6 is 11.3 Å². The molecule has 0 saturated heterocycles. The second-order valence-corrected chi connectivity index (χ2v) is 7.87. The van der Waals surface area contributed by atoms with Crippen LogP contribution in [0.25, 0.3) is 0 Å². The highest BCUT2D eigenvalue weighted by molar-refractivity contribution is 7.09. The average molecular weight is 427 g/mol. The first-order valence-corrected chi connectivity index (χ1v) is 11.2. The lowest BCUT2D eigenvalue weighted by molar-refractivity contribution is 0.281. The predicted molar refractivity (Wildman–Crippen MR) is 122 cm³/mol. The summed E-state index contributed by atoms with van der Waals surface area (Å²) in [6.45, 7) is 5.73. The van der Waals surface area contributed by atoms with Crippen molar-refractivity contribution in [3.8, 4) is 5.75 Å². The molecule has 0 aliphatic heterocycles. The van der Waals surface area contributed by atoms with Crippen LogP contribution in [0.3, 0.4) is 0 Å². The molecule has 0 atom stereocenters. The van der Waals surface area contributed by atoms with Gasteiger partial charge in [0.15, 0.2) is 5.96 Å². The van der Waals surface area contributed by atoms with Gasteiger partial charge in [-0.15, -0.1) is 21.5 Å². The Bertz CT molecular complexity index is 878. The van der Waals surface area contributed by atoms with Gasteiger partial charge in [-0.3, -0.25) is 4.99 Å². The zero-order valence-electron chi connectivity index (χ0n) is 17.7. The lowest BCUT2D eigenvalue weighted by Crippen LogP contribution is -2.42. The molecule has 1 aromatic carbocycles. The molecule has 0 saturated carbocycles. The van der Waals surface area contributed by atoms with Crippen molar-refractivity contribution in [2.75, 3.05) is 33.3 Å². The Morgan fingerprint density at radius 1 is 1.23 bits per heavy atom. The second-order valence-electron chi connectivity index (χ2n) is 6.84. The predicted octanol–water partition coefficient (Wildman–Crippen LogP) is 3.10. The maximum Gasteiger partial charge on any atom is 0.193 e. The van der Waals surface area contributed by atoms with Crippen LogP contribution < -0.4 is 10.1 Å². The number of aliphatic imine (C=N–C) groups is 1. The summed E-state index contributed by atoms with van der Waals surface area (Å²) in [6, 6.07) is 14.1. The van der Waals surface area contributed by atoms with Gasteiger partial charge < -0.3 is 19.5 Å². The molecule has 1 N–H and O–H groups in total. The summed E-state index contributed by atoms with van der Waals surface area (Å²) in [6.07, 6.45) is 3.60. The number of ether oxygens (including phenoxy) is 1. The van der Waals surface area contributed by atoms with E-state index in [0.717, 1.165) is 56.6 Å². The fourth-order valence-electron chi connectivity index (χ4n) is 2.99. The number of hydrogen-bond donors (Lipinski definition) is 1. The van der Waals surface area contributed by atoms with Crippen molar-refractivity contribution in [3.05, 3.63) is 64.9 Å². The van der Waals surface area contributed by atoms with Crippen LogP contribution in [0.4, 0.5) is 0 Å². The summed E-state index contributed by atoms with van der Waals surface area (Å²) >= 11 is 1.77. The van der Waals surface area contributed by atoms with Gasteiger partial charge >= 0.3 is 0 Å². The van der Waals surface area contributed by atoms with Crippen LogP contribution in [0.15, 0.2) is 59.2 Å². The minimum absolute atomic E-state index is 0.595. The maximum atomic E-state index is 5.84. The number of hydrogen-bond acceptors (Lipinski definition) is 5. The highest BCUT2D eigenvalue weighted by atomic mass is 32.1. The van der Waals surface area contributed by atoms with Gasteiger partial charge in [0.25, 0.3) is 0 Å². The maximum absolute atomic E-state index is 5.84. The molecule has 2 aromatic heterocycles. The molecule has 0 unspecified atom stereocenters. The molecular formula is C22H30N6OS. The van der Waals surface area contributed by atoms with Crippen molar-refractivity contribution in [1.29, 1.82) is 0 Å². The zero-order valence-corrected chi connectivity index (χ0v) is 18.5. The number of nitrogens with zero attached hydrogens (tertiary/aromatic N) is 5. The molecule has 7 nitrogen and oxygen atoms in total. The Morgan fingerprint density at radius 2 is 2.10 bits per heavy atom. The van der Waals surface area contributed by atoms with Gasteiger partial charge in [-0.2, -0.15) is 0 Å². The van der Waals surface area contributed by atoms with E-state index in [0.29, 0.717) is 6.61 Å². The summed E-state index contributed by atoms with van der Waals surface area (Å²) < 4.78 is 7.92. The zero-order chi connectivity index (χ0) is 21.0. The summed E-state index contributed by atoms with van der Waals surface area (Å²) in [4.78, 5) is 8.30. The van der Waals surface area contributed by atoms with E-state index in [1.54, 1.807) is 17.7 Å². The number of rotatable bonds is 11. The normalized spacial score (nSPS) is 11.5. The van der Waals surface area contributed by atoms with E-state index in [2.05, 4.69) is 49.4 Å². The van der Waals surface area contributed by atoms with E-state index in [1.165, 1.54) is 4.88 Å². The van der Waals surface area contributed by atoms with Crippen molar-refractivity contribution in [2.45, 2.75) is 26.3 Å². The van der Waals surface area contributed by atoms with E-state index in [-0.39, 0.29) is 0 Å². The standard InChI is InChI=1S/C22H30N6OS/c1-3-21-26-25-18-28(21)14-13-24-22(23-12-11-20-10-7-17-30-20)27(2)15-16-29-19-8-5-4-6-9-19/h4-10,17-18H,3,11-16H2,1-2H3,(H,23,24). The number of thiophene rings is 1. The molecule has 0 fully saturated rings. The number of aromatic nitrogens is 3. The molecule has 0 aliphatic rings. The van der Waals surface area contributed by atoms with Crippen molar-refractivity contribution >= 4 is 17.3 Å². The van der Waals surface area contributed by atoms with E-state index in [9.17, 15) is 0 Å². The van der Waals surface area contributed by atoms with Gasteiger partial charge in [0.1, 0.15) is 24.5 Å². The monoisotopic (exact) mass is 426 g/mol. The van der Waals surface area contributed by atoms with Crippen molar-refractivity contribution in [3.63, 3.8) is 0 Å². The third-order valence-electron chi connectivity index (χ3n) is 4.65. The smallest absolute Gasteiger partial charge is 0.193 e. The topological polar surface area (TPSA) is 67.6 Å². The summed E-state index contributed by atoms with van der Waals surface area (Å²) in [5.41, 5.74) is 0. The molecule has 0 spiro atoms. The van der Waals surface area contributed by atoms with E-state index >= 15 is 0 Å². The van der Waals surface area contributed by atoms with Crippen molar-refractivity contribution < 1.29 is 4.74 Å². The molecule has 3 aromatic rings. The molecule has 0 amide bonds. The minimum atomic E-state index is 0.595. The van der Waals surface area contributed by atoms with Gasteiger partial charge in [0.05, 0.1) is 6.54 Å². The van der Waals surface area contributed by atoms with Gasteiger partial charge in [-0.1, -0.05) is 31.2 Å². The van der Waals surface area contributed by atoms with Crippen LogP contribution in [0.5, 0.6) is 5.75 Å². The molecule has 0 aliphatic carbocycles. The van der Waals surface area contributed by atoms with Crippen LogP contribution in [-0.2, 0) is 19.4 Å². The summed E-state index contributed by atoms with van der Waals surface area (Å²) in [5.74, 6) is 2.77. The highest BCUT2D eigenvalue weighted by Crippen LogP contribution is 2.09. The highest BCUT2D eigenvalue weighted by Gasteiger charge is 2.08. The lowest BCUT2D eigenvalue weighted by atomic mass is 10.3. The number of aryl methyl sites for hydroxylation is 1. The quantitative estimate of drug-likeness (QED) is 0.377. The number of likely N-dealkylation sites (N-methyl/N-ethyl adjacent to an activating group) is 1. The first kappa shape index (κ1) is 21.8. The van der Waals surface area contributed by atoms with Crippen LogP contribution in [0.1, 0.15) is 17.6 Å². The molecule has 2 heterocycles. The average Bonchev–Trinajstić information content (AvgIpc) is 3.45. The molecule has 160 valence electrons. The molecule has 30 heavy (non-hydrogen) atoms.